The third-order valence-electron chi connectivity index (χ3n) is 2.19. The third-order valence-corrected chi connectivity index (χ3v) is 2.19. The molecule has 2 N–H and O–H groups in total. The van der Waals surface area contributed by atoms with Gasteiger partial charge in [-0.25, -0.2) is 0 Å². The fourth-order valence-electron chi connectivity index (χ4n) is 1.64. The highest BCUT2D eigenvalue weighted by Crippen LogP contribution is 2.13. The van der Waals surface area contributed by atoms with Crippen molar-refractivity contribution in [1.82, 2.24) is 4.90 Å². The summed E-state index contributed by atoms with van der Waals surface area (Å²) in [6.07, 6.45) is 0. The van der Waals surface area contributed by atoms with Crippen LogP contribution in [-0.2, 0) is 6.54 Å². The normalized spacial score (nSPS) is 12.9. The second kappa shape index (κ2) is 5.73. The number of likely N-dealkylation sites (N-methyl/N-ethyl adjacent to an activating group) is 1. The van der Waals surface area contributed by atoms with Gasteiger partial charge in [-0.05, 0) is 31.7 Å². The van der Waals surface area contributed by atoms with Gasteiger partial charge in [-0.3, -0.25) is 0 Å². The summed E-state index contributed by atoms with van der Waals surface area (Å²) in [6, 6.07) is 8.32. The Kier molecular flexibility index (Phi) is 4.59. The number of nitrogens with two attached hydrogens (primary N) is 1. The Morgan fingerprint density at radius 1 is 1.47 bits per heavy atom. The Labute approximate surface area is 91.8 Å². The molecule has 3 heteroatoms. The SMILES string of the molecule is COc1cccc(CN(C)CC(C)N)c1. The van der Waals surface area contributed by atoms with Gasteiger partial charge >= 0.3 is 0 Å². The van der Waals surface area contributed by atoms with Crippen LogP contribution in [0.3, 0.4) is 0 Å². The van der Waals surface area contributed by atoms with E-state index in [1.807, 2.05) is 19.1 Å². The van der Waals surface area contributed by atoms with Gasteiger partial charge in [-0.15, -0.1) is 0 Å². The van der Waals surface area contributed by atoms with Crippen LogP contribution in [0.2, 0.25) is 0 Å². The molecule has 84 valence electrons. The second-order valence-corrected chi connectivity index (χ2v) is 4.03. The predicted octanol–water partition coefficient (Wildman–Crippen LogP) is 1.47. The zero-order valence-electron chi connectivity index (χ0n) is 9.73. The number of ether oxygens (including phenoxy) is 1. The van der Waals surface area contributed by atoms with Crippen molar-refractivity contribution in [3.05, 3.63) is 29.8 Å². The molecule has 0 bridgehead atoms. The number of hydrogen-bond donors (Lipinski definition) is 1. The van der Waals surface area contributed by atoms with Crippen molar-refractivity contribution in [2.75, 3.05) is 20.7 Å². The van der Waals surface area contributed by atoms with Crippen LogP contribution >= 0.6 is 0 Å². The lowest BCUT2D eigenvalue weighted by Crippen LogP contribution is -2.32. The summed E-state index contributed by atoms with van der Waals surface area (Å²) in [7, 11) is 3.76. The smallest absolute Gasteiger partial charge is 0.119 e. The summed E-state index contributed by atoms with van der Waals surface area (Å²) < 4.78 is 5.17. The van der Waals surface area contributed by atoms with Crippen molar-refractivity contribution in [1.29, 1.82) is 0 Å². The minimum atomic E-state index is 0.209. The van der Waals surface area contributed by atoms with Crippen LogP contribution in [0.4, 0.5) is 0 Å². The zero-order valence-corrected chi connectivity index (χ0v) is 9.73. The van der Waals surface area contributed by atoms with Gasteiger partial charge in [0.05, 0.1) is 7.11 Å². The summed E-state index contributed by atoms with van der Waals surface area (Å²) >= 11 is 0. The summed E-state index contributed by atoms with van der Waals surface area (Å²) in [5.74, 6) is 0.904. The number of rotatable bonds is 5. The van der Waals surface area contributed by atoms with Crippen molar-refractivity contribution in [2.45, 2.75) is 19.5 Å². The minimum Gasteiger partial charge on any atom is -0.497 e. The Morgan fingerprint density at radius 3 is 2.80 bits per heavy atom. The standard InChI is InChI=1S/C12H20N2O/c1-10(13)8-14(2)9-11-5-4-6-12(7-11)15-3/h4-7,10H,8-9,13H2,1-3H3. The van der Waals surface area contributed by atoms with Crippen molar-refractivity contribution < 1.29 is 4.74 Å². The molecule has 1 atom stereocenters. The fourth-order valence-corrected chi connectivity index (χ4v) is 1.64. The van der Waals surface area contributed by atoms with Crippen LogP contribution < -0.4 is 10.5 Å². The molecule has 15 heavy (non-hydrogen) atoms. The topological polar surface area (TPSA) is 38.5 Å². The minimum absolute atomic E-state index is 0.209. The van der Waals surface area contributed by atoms with Gasteiger partial charge in [0.2, 0.25) is 0 Å². The molecule has 0 aliphatic heterocycles. The fraction of sp³-hybridized carbons (Fsp3) is 0.500. The maximum Gasteiger partial charge on any atom is 0.119 e. The van der Waals surface area contributed by atoms with Gasteiger partial charge in [0.25, 0.3) is 0 Å². The molecule has 0 spiro atoms. The molecule has 0 saturated heterocycles. The Morgan fingerprint density at radius 2 is 2.20 bits per heavy atom. The highest BCUT2D eigenvalue weighted by molar-refractivity contribution is 5.28. The van der Waals surface area contributed by atoms with E-state index >= 15 is 0 Å². The van der Waals surface area contributed by atoms with Crippen molar-refractivity contribution in [3.8, 4) is 5.75 Å². The quantitative estimate of drug-likeness (QED) is 0.796. The van der Waals surface area contributed by atoms with Gasteiger partial charge < -0.3 is 15.4 Å². The Bertz CT molecular complexity index is 299. The largest absolute Gasteiger partial charge is 0.497 e. The lowest BCUT2D eigenvalue weighted by atomic mass is 10.2. The van der Waals surface area contributed by atoms with E-state index in [1.54, 1.807) is 7.11 Å². The van der Waals surface area contributed by atoms with E-state index < -0.39 is 0 Å². The molecule has 1 aromatic carbocycles. The van der Waals surface area contributed by atoms with Crippen LogP contribution in [0.5, 0.6) is 5.75 Å². The molecular weight excluding hydrogens is 188 g/mol. The number of nitrogens with zero attached hydrogens (tertiary/aromatic N) is 1. The second-order valence-electron chi connectivity index (χ2n) is 4.03. The first-order valence-electron chi connectivity index (χ1n) is 5.19. The molecule has 1 aromatic rings. The van der Waals surface area contributed by atoms with Gasteiger partial charge in [0.15, 0.2) is 0 Å². The molecule has 0 aliphatic rings. The number of hydrogen-bond acceptors (Lipinski definition) is 3. The van der Waals surface area contributed by atoms with E-state index in [9.17, 15) is 0 Å². The van der Waals surface area contributed by atoms with E-state index in [-0.39, 0.29) is 6.04 Å². The van der Waals surface area contributed by atoms with Crippen molar-refractivity contribution in [3.63, 3.8) is 0 Å². The van der Waals surface area contributed by atoms with E-state index in [0.717, 1.165) is 18.8 Å². The van der Waals surface area contributed by atoms with Crippen LogP contribution in [0.25, 0.3) is 0 Å². The maximum absolute atomic E-state index is 5.74. The number of benzene rings is 1. The first-order valence-corrected chi connectivity index (χ1v) is 5.19. The zero-order chi connectivity index (χ0) is 11.3. The van der Waals surface area contributed by atoms with Crippen molar-refractivity contribution in [2.24, 2.45) is 5.73 Å². The molecule has 0 radical (unpaired) electrons. The molecule has 0 amide bonds. The van der Waals surface area contributed by atoms with Crippen LogP contribution in [0, 0.1) is 0 Å². The molecule has 0 aromatic heterocycles. The van der Waals surface area contributed by atoms with Gasteiger partial charge in [0.1, 0.15) is 5.75 Å². The predicted molar refractivity (Wildman–Crippen MR) is 63.0 cm³/mol. The maximum atomic E-state index is 5.74. The van der Waals surface area contributed by atoms with E-state index in [1.165, 1.54) is 5.56 Å². The van der Waals surface area contributed by atoms with Crippen LogP contribution in [-0.4, -0.2) is 31.6 Å². The summed E-state index contributed by atoms with van der Waals surface area (Å²) in [6.45, 7) is 3.82. The molecular formula is C12H20N2O. The molecule has 1 unspecified atom stereocenters. The number of methoxy groups -OCH3 is 1. The first-order chi connectivity index (χ1) is 7.11. The Balaban J connectivity index is 2.55. The molecule has 0 heterocycles. The first kappa shape index (κ1) is 12.0. The van der Waals surface area contributed by atoms with Crippen LogP contribution in [0.15, 0.2) is 24.3 Å². The van der Waals surface area contributed by atoms with E-state index in [2.05, 4.69) is 24.1 Å². The highest BCUT2D eigenvalue weighted by atomic mass is 16.5. The van der Waals surface area contributed by atoms with Crippen LogP contribution in [0.1, 0.15) is 12.5 Å². The lowest BCUT2D eigenvalue weighted by molar-refractivity contribution is 0.309. The lowest BCUT2D eigenvalue weighted by Gasteiger charge is -2.19. The van der Waals surface area contributed by atoms with Crippen molar-refractivity contribution >= 4 is 0 Å². The molecule has 0 aliphatic carbocycles. The average molecular weight is 208 g/mol. The Hall–Kier alpha value is -1.06. The molecule has 0 saturated carbocycles. The molecule has 3 nitrogen and oxygen atoms in total. The van der Waals surface area contributed by atoms with Gasteiger partial charge in [0, 0.05) is 19.1 Å². The van der Waals surface area contributed by atoms with Gasteiger partial charge in [-0.1, -0.05) is 12.1 Å². The summed E-state index contributed by atoms with van der Waals surface area (Å²) in [5.41, 5.74) is 6.98. The van der Waals surface area contributed by atoms with Gasteiger partial charge in [-0.2, -0.15) is 0 Å². The van der Waals surface area contributed by atoms with E-state index in [4.69, 9.17) is 10.5 Å². The highest BCUT2D eigenvalue weighted by Gasteiger charge is 2.03. The molecule has 1 rings (SSSR count). The molecule has 0 fully saturated rings. The third kappa shape index (κ3) is 4.32. The summed E-state index contributed by atoms with van der Waals surface area (Å²) in [4.78, 5) is 2.21. The van der Waals surface area contributed by atoms with E-state index in [0.29, 0.717) is 0 Å². The summed E-state index contributed by atoms with van der Waals surface area (Å²) in [5, 5.41) is 0. The average Bonchev–Trinajstić information content (AvgIpc) is 2.16. The monoisotopic (exact) mass is 208 g/mol.